The van der Waals surface area contributed by atoms with E-state index in [4.69, 9.17) is 44.3 Å². The topological polar surface area (TPSA) is 102 Å². The number of rotatable bonds is 7. The summed E-state index contributed by atoms with van der Waals surface area (Å²) in [6, 6.07) is 5.67. The molecule has 0 radical (unpaired) electrons. The minimum absolute atomic E-state index is 0.0144. The van der Waals surface area contributed by atoms with Crippen molar-refractivity contribution in [1.82, 2.24) is 0 Å². The zero-order chi connectivity index (χ0) is 41.8. The van der Waals surface area contributed by atoms with Crippen LogP contribution in [0.15, 0.2) is 48.5 Å². The van der Waals surface area contributed by atoms with Gasteiger partial charge in [0.25, 0.3) is 0 Å². The van der Waals surface area contributed by atoms with Gasteiger partial charge in [0.1, 0.15) is 21.2 Å². The lowest BCUT2D eigenvalue weighted by atomic mass is 10.00. The molecule has 1 N–H and O–H groups in total. The van der Waals surface area contributed by atoms with Gasteiger partial charge in [0.15, 0.2) is 17.4 Å². The highest BCUT2D eigenvalue weighted by atomic mass is 35.5. The van der Waals surface area contributed by atoms with E-state index in [1.54, 1.807) is 0 Å². The Kier molecular flexibility index (Phi) is 11.9. The van der Waals surface area contributed by atoms with Gasteiger partial charge < -0.3 is 14.8 Å². The van der Waals surface area contributed by atoms with Crippen LogP contribution in [0.25, 0.3) is 0 Å². The van der Waals surface area contributed by atoms with Crippen molar-refractivity contribution in [3.05, 3.63) is 93.0 Å². The third-order valence-corrected chi connectivity index (χ3v) is 8.98. The van der Waals surface area contributed by atoms with Crippen LogP contribution in [-0.2, 0) is 33.0 Å². The number of alkyl halides is 8. The normalized spacial score (nSPS) is 17.0. The maximum atomic E-state index is 16.0. The van der Waals surface area contributed by atoms with Gasteiger partial charge in [0, 0.05) is 23.6 Å². The molecule has 0 spiro atoms. The Bertz CT molecular complexity index is 1980. The lowest BCUT2D eigenvalue weighted by Gasteiger charge is -2.29. The fourth-order valence-electron chi connectivity index (χ4n) is 5.33. The Morgan fingerprint density at radius 3 is 1.76 bits per heavy atom. The summed E-state index contributed by atoms with van der Waals surface area (Å²) < 4.78 is 120. The molecule has 2 atom stereocenters. The second kappa shape index (κ2) is 15.1. The van der Waals surface area contributed by atoms with E-state index in [2.05, 4.69) is 5.32 Å². The Hall–Kier alpha value is -4.15. The quantitative estimate of drug-likeness (QED) is 0.144. The SMILES string of the molecule is CC(C)(C)OC(=O)N(C(=O)OC(C)(C)C)c1c(F)ccc(CC(=O)c2cc(NC(=O)C3C(c4cc(C(F)(F)F)cc(C(F)(F)F)c4)C3(Cl)Cl)ccc2Cl)c1F. The standard InChI is InChI=1S/C36H31Cl3F8N2O6/c1-32(2,3)54-30(52)49(31(53)55-33(4,5)6)28-23(40)10-7-16(27(28)41)13-24(50)21-15-20(8-9-22(21)37)48-29(51)26-25(34(26,38)39)17-11-18(35(42,43)44)14-19(12-17)36(45,46)47/h7-12,14-15,25-26H,13H2,1-6H3,(H,48,51). The van der Waals surface area contributed by atoms with E-state index in [1.807, 2.05) is 0 Å². The highest BCUT2D eigenvalue weighted by molar-refractivity contribution is 6.53. The van der Waals surface area contributed by atoms with Crippen LogP contribution in [0.1, 0.15) is 80.1 Å². The molecule has 0 aliphatic heterocycles. The van der Waals surface area contributed by atoms with Gasteiger partial charge in [-0.2, -0.15) is 31.2 Å². The number of ketones is 1. The van der Waals surface area contributed by atoms with Crippen LogP contribution in [0.3, 0.4) is 0 Å². The molecule has 0 saturated heterocycles. The molecule has 1 saturated carbocycles. The summed E-state index contributed by atoms with van der Waals surface area (Å²) in [4.78, 5) is 52.9. The highest BCUT2D eigenvalue weighted by Crippen LogP contribution is 2.65. The van der Waals surface area contributed by atoms with Gasteiger partial charge in [-0.3, -0.25) is 9.59 Å². The number of hydrogen-bond donors (Lipinski definition) is 1. The fraction of sp³-hybridized carbons (Fsp3) is 0.389. The second-order valence-corrected chi connectivity index (χ2v) is 16.3. The molecule has 55 heavy (non-hydrogen) atoms. The first-order valence-electron chi connectivity index (χ1n) is 16.0. The van der Waals surface area contributed by atoms with Gasteiger partial charge >= 0.3 is 24.5 Å². The summed E-state index contributed by atoms with van der Waals surface area (Å²) in [5.41, 5.74) is -8.53. The van der Waals surface area contributed by atoms with Gasteiger partial charge in [-0.15, -0.1) is 23.2 Å². The monoisotopic (exact) mass is 844 g/mol. The summed E-state index contributed by atoms with van der Waals surface area (Å²) in [6.45, 7) is 8.63. The number of ether oxygens (including phenoxy) is 2. The summed E-state index contributed by atoms with van der Waals surface area (Å²) >= 11 is 18.6. The fourth-order valence-corrected chi connectivity index (χ4v) is 6.38. The van der Waals surface area contributed by atoms with Crippen LogP contribution in [0.5, 0.6) is 0 Å². The minimum Gasteiger partial charge on any atom is -0.443 e. The number of nitrogens with zero attached hydrogens (tertiary/aromatic N) is 1. The van der Waals surface area contributed by atoms with E-state index in [9.17, 15) is 45.5 Å². The summed E-state index contributed by atoms with van der Waals surface area (Å²) in [5, 5.41) is 2.13. The molecule has 0 aromatic heterocycles. The highest BCUT2D eigenvalue weighted by Gasteiger charge is 2.68. The van der Waals surface area contributed by atoms with Gasteiger partial charge in [-0.25, -0.2) is 18.4 Å². The first-order valence-corrected chi connectivity index (χ1v) is 17.1. The van der Waals surface area contributed by atoms with Crippen LogP contribution in [0.2, 0.25) is 5.02 Å². The molecule has 8 nitrogen and oxygen atoms in total. The predicted octanol–water partition coefficient (Wildman–Crippen LogP) is 11.3. The van der Waals surface area contributed by atoms with E-state index >= 15 is 8.78 Å². The maximum absolute atomic E-state index is 16.0. The number of halogens is 11. The number of carbonyl (C=O) groups excluding carboxylic acids is 4. The van der Waals surface area contributed by atoms with Gasteiger partial charge in [-0.05, 0) is 95.1 Å². The van der Waals surface area contributed by atoms with Crippen LogP contribution in [-0.4, -0.2) is 39.4 Å². The number of benzene rings is 3. The lowest BCUT2D eigenvalue weighted by molar-refractivity contribution is -0.143. The van der Waals surface area contributed by atoms with Crippen molar-refractivity contribution < 1.29 is 63.8 Å². The molecule has 4 rings (SSSR count). The van der Waals surface area contributed by atoms with Crippen molar-refractivity contribution in [2.75, 3.05) is 10.2 Å². The molecule has 3 aromatic rings. The lowest BCUT2D eigenvalue weighted by Crippen LogP contribution is -2.44. The Morgan fingerprint density at radius 1 is 0.782 bits per heavy atom. The number of imide groups is 1. The van der Waals surface area contributed by atoms with E-state index in [0.29, 0.717) is 18.2 Å². The Morgan fingerprint density at radius 2 is 1.29 bits per heavy atom. The molecule has 3 aromatic carbocycles. The van der Waals surface area contributed by atoms with E-state index in [-0.39, 0.29) is 27.2 Å². The molecule has 0 heterocycles. The van der Waals surface area contributed by atoms with E-state index in [1.165, 1.54) is 47.6 Å². The van der Waals surface area contributed by atoms with Crippen LogP contribution < -0.4 is 10.2 Å². The summed E-state index contributed by atoms with van der Waals surface area (Å²) in [7, 11) is 0. The van der Waals surface area contributed by atoms with Gasteiger partial charge in [0.05, 0.1) is 22.1 Å². The molecule has 2 unspecified atom stereocenters. The van der Waals surface area contributed by atoms with Crippen molar-refractivity contribution in [3.63, 3.8) is 0 Å². The first kappa shape index (κ1) is 43.6. The number of anilines is 2. The Balaban J connectivity index is 1.62. The molecule has 1 fully saturated rings. The molecular weight excluding hydrogens is 815 g/mol. The number of Topliss-reactive ketones (excluding diaryl/α,β-unsaturated/α-hetero) is 1. The Labute approximate surface area is 324 Å². The van der Waals surface area contributed by atoms with Crippen LogP contribution in [0.4, 0.5) is 56.1 Å². The summed E-state index contributed by atoms with van der Waals surface area (Å²) in [6.07, 6.45) is -14.2. The zero-order valence-electron chi connectivity index (χ0n) is 29.5. The molecule has 298 valence electrons. The second-order valence-electron chi connectivity index (χ2n) is 14.4. The molecule has 1 aliphatic carbocycles. The minimum atomic E-state index is -5.18. The number of amides is 3. The number of carbonyl (C=O) groups is 4. The predicted molar refractivity (Wildman–Crippen MR) is 187 cm³/mol. The van der Waals surface area contributed by atoms with Crippen LogP contribution >= 0.6 is 34.8 Å². The average molecular weight is 846 g/mol. The van der Waals surface area contributed by atoms with Crippen molar-refractivity contribution in [2.24, 2.45) is 5.92 Å². The number of nitrogens with one attached hydrogen (secondary N) is 1. The maximum Gasteiger partial charge on any atom is 0.424 e. The van der Waals surface area contributed by atoms with Crippen molar-refractivity contribution in [2.45, 2.75) is 81.8 Å². The zero-order valence-corrected chi connectivity index (χ0v) is 31.8. The third kappa shape index (κ3) is 10.2. The summed E-state index contributed by atoms with van der Waals surface area (Å²) in [5.74, 6) is -7.92. The van der Waals surface area contributed by atoms with Crippen molar-refractivity contribution >= 4 is 70.1 Å². The third-order valence-electron chi connectivity index (χ3n) is 7.71. The average Bonchev–Trinajstić information content (AvgIpc) is 3.60. The van der Waals surface area contributed by atoms with Gasteiger partial charge in [0.2, 0.25) is 5.91 Å². The van der Waals surface area contributed by atoms with E-state index in [0.717, 1.165) is 18.2 Å². The van der Waals surface area contributed by atoms with E-state index < -0.39 is 110 Å². The molecule has 1 aliphatic rings. The molecule has 0 bridgehead atoms. The molecular formula is C36H31Cl3F8N2O6. The smallest absolute Gasteiger partial charge is 0.424 e. The number of hydrogen-bond acceptors (Lipinski definition) is 6. The largest absolute Gasteiger partial charge is 0.443 e. The van der Waals surface area contributed by atoms with Crippen molar-refractivity contribution in [3.8, 4) is 0 Å². The first-order chi connectivity index (χ1) is 24.9. The molecule has 19 heteroatoms. The van der Waals surface area contributed by atoms with Gasteiger partial charge in [-0.1, -0.05) is 17.7 Å². The van der Waals surface area contributed by atoms with Crippen LogP contribution in [0, 0.1) is 17.6 Å². The van der Waals surface area contributed by atoms with Crippen molar-refractivity contribution in [1.29, 1.82) is 0 Å². The molecule has 3 amide bonds.